The van der Waals surface area contributed by atoms with E-state index in [1.807, 2.05) is 6.08 Å². The van der Waals surface area contributed by atoms with Gasteiger partial charge in [0.25, 0.3) is 0 Å². The molecule has 1 saturated heterocycles. The standard InChI is InChI=1S/C80H151NO10/c1-3-5-7-9-11-13-15-16-45-48-52-56-60-64-68-76(85)89-69-65-61-57-53-49-46-43-41-39-37-35-33-31-29-27-25-23-21-19-17-18-20-22-24-26-28-30-32-34-36-38-40-42-44-47-51-55-59-63-67-75(84)81-72(71-90-80-79(88)78(87)77(86)74(70-82)91-80)73(83)66-62-58-54-50-14-12-10-8-6-4-2/h17-18,21,23,62,66,72-74,77-80,82-83,86-88H,3-16,19-20,22,24-61,63-65,67-71H2,1-2H3,(H,81,84)/b18-17-,23-21-,66-62+. The van der Waals surface area contributed by atoms with Crippen molar-refractivity contribution in [3.63, 3.8) is 0 Å². The van der Waals surface area contributed by atoms with Crippen LogP contribution in [0.2, 0.25) is 0 Å². The fraction of sp³-hybridized carbons (Fsp3) is 0.900. The highest BCUT2D eigenvalue weighted by atomic mass is 16.7. The van der Waals surface area contributed by atoms with Crippen LogP contribution >= 0.6 is 0 Å². The zero-order valence-electron chi connectivity index (χ0n) is 59.8. The summed E-state index contributed by atoms with van der Waals surface area (Å²) >= 11 is 0. The Balaban J connectivity index is 1.87. The number of aliphatic hydroxyl groups is 5. The minimum atomic E-state index is -1.57. The highest BCUT2D eigenvalue weighted by molar-refractivity contribution is 5.76. The van der Waals surface area contributed by atoms with Crippen molar-refractivity contribution in [1.82, 2.24) is 5.32 Å². The van der Waals surface area contributed by atoms with Crippen LogP contribution in [0.1, 0.15) is 399 Å². The van der Waals surface area contributed by atoms with Gasteiger partial charge in [-0.15, -0.1) is 0 Å². The van der Waals surface area contributed by atoms with Gasteiger partial charge in [-0.3, -0.25) is 9.59 Å². The van der Waals surface area contributed by atoms with Gasteiger partial charge in [0.15, 0.2) is 6.29 Å². The average molecular weight is 1290 g/mol. The molecular formula is C80H151NO10. The second kappa shape index (κ2) is 69.2. The van der Waals surface area contributed by atoms with Crippen LogP contribution < -0.4 is 5.32 Å². The molecule has 1 aliphatic heterocycles. The third-order valence-corrected chi connectivity index (χ3v) is 19.0. The van der Waals surface area contributed by atoms with Gasteiger partial charge in [-0.2, -0.15) is 0 Å². The lowest BCUT2D eigenvalue weighted by Gasteiger charge is -2.40. The molecule has 7 unspecified atom stereocenters. The molecule has 0 saturated carbocycles. The predicted molar refractivity (Wildman–Crippen MR) is 384 cm³/mol. The lowest BCUT2D eigenvalue weighted by atomic mass is 9.99. The SMILES string of the molecule is CCCCCCCCCC/C=C/C(O)C(COC1OC(CO)C(O)C(O)C1O)NC(=O)CCCCCCCCCCCCCCCCCCC/C=C\C/C=C\CCCCCCCCCCCCCCCCCOC(=O)CCCCCCCCCCCCCCCC. The Kier molecular flexibility index (Phi) is 66.1. The summed E-state index contributed by atoms with van der Waals surface area (Å²) in [5, 5.41) is 54.4. The molecule has 1 aliphatic rings. The summed E-state index contributed by atoms with van der Waals surface area (Å²) in [6.07, 6.45) is 80.5. The van der Waals surface area contributed by atoms with E-state index in [0.29, 0.717) is 19.4 Å². The molecule has 1 fully saturated rings. The molecule has 11 nitrogen and oxygen atoms in total. The predicted octanol–water partition coefficient (Wildman–Crippen LogP) is 21.3. The summed E-state index contributed by atoms with van der Waals surface area (Å²) < 4.78 is 16.7. The Bertz CT molecular complexity index is 1610. The molecule has 91 heavy (non-hydrogen) atoms. The topological polar surface area (TPSA) is 175 Å². The number of rotatable bonds is 71. The first-order valence-corrected chi connectivity index (χ1v) is 39.8. The summed E-state index contributed by atoms with van der Waals surface area (Å²) in [7, 11) is 0. The van der Waals surface area contributed by atoms with E-state index in [-0.39, 0.29) is 18.5 Å². The van der Waals surface area contributed by atoms with Gasteiger partial charge in [-0.25, -0.2) is 0 Å². The lowest BCUT2D eigenvalue weighted by molar-refractivity contribution is -0.302. The Morgan fingerprint density at radius 1 is 0.407 bits per heavy atom. The number of ether oxygens (including phenoxy) is 3. The fourth-order valence-electron chi connectivity index (χ4n) is 12.8. The third-order valence-electron chi connectivity index (χ3n) is 19.0. The molecule has 0 bridgehead atoms. The van der Waals surface area contributed by atoms with Crippen molar-refractivity contribution < 1.29 is 49.3 Å². The first-order chi connectivity index (χ1) is 44.7. The molecule has 0 aromatic rings. The maximum Gasteiger partial charge on any atom is 0.305 e. The molecule has 7 atom stereocenters. The van der Waals surface area contributed by atoms with Gasteiger partial charge in [0.2, 0.25) is 5.91 Å². The second-order valence-electron chi connectivity index (χ2n) is 27.8. The number of carbonyl (C=O) groups excluding carboxylic acids is 2. The summed E-state index contributed by atoms with van der Waals surface area (Å²) in [5.41, 5.74) is 0. The lowest BCUT2D eigenvalue weighted by Crippen LogP contribution is -2.60. The molecule has 1 rings (SSSR count). The van der Waals surface area contributed by atoms with E-state index in [9.17, 15) is 35.1 Å². The van der Waals surface area contributed by atoms with Gasteiger partial charge in [0.05, 0.1) is 32.0 Å². The number of unbranched alkanes of at least 4 members (excludes halogenated alkanes) is 53. The molecule has 1 heterocycles. The van der Waals surface area contributed by atoms with E-state index in [4.69, 9.17) is 14.2 Å². The fourth-order valence-corrected chi connectivity index (χ4v) is 12.8. The highest BCUT2D eigenvalue weighted by Crippen LogP contribution is 2.24. The van der Waals surface area contributed by atoms with Gasteiger partial charge < -0.3 is 45.1 Å². The monoisotopic (exact) mass is 1290 g/mol. The maximum atomic E-state index is 13.0. The zero-order chi connectivity index (χ0) is 65.8. The minimum absolute atomic E-state index is 0.0175. The molecule has 11 heteroatoms. The van der Waals surface area contributed by atoms with Gasteiger partial charge >= 0.3 is 5.97 Å². The quantitative estimate of drug-likeness (QED) is 0.0195. The van der Waals surface area contributed by atoms with Crippen molar-refractivity contribution in [3.8, 4) is 0 Å². The molecule has 0 aromatic carbocycles. The van der Waals surface area contributed by atoms with Crippen molar-refractivity contribution >= 4 is 11.9 Å². The zero-order valence-corrected chi connectivity index (χ0v) is 59.8. The minimum Gasteiger partial charge on any atom is -0.466 e. The molecule has 1 amide bonds. The largest absolute Gasteiger partial charge is 0.466 e. The van der Waals surface area contributed by atoms with Crippen molar-refractivity contribution in [2.24, 2.45) is 0 Å². The smallest absolute Gasteiger partial charge is 0.305 e. The number of aliphatic hydroxyl groups excluding tert-OH is 5. The number of esters is 1. The number of hydrogen-bond acceptors (Lipinski definition) is 10. The van der Waals surface area contributed by atoms with Crippen LogP contribution in [-0.4, -0.2) is 100 Å². The molecule has 0 spiro atoms. The van der Waals surface area contributed by atoms with E-state index in [0.717, 1.165) is 57.8 Å². The molecular weight excluding hydrogens is 1130 g/mol. The van der Waals surface area contributed by atoms with Crippen LogP contribution in [0, 0.1) is 0 Å². The van der Waals surface area contributed by atoms with Crippen molar-refractivity contribution in [2.45, 2.75) is 442 Å². The first-order valence-electron chi connectivity index (χ1n) is 39.8. The number of allylic oxidation sites excluding steroid dienone is 5. The molecule has 0 aromatic heterocycles. The van der Waals surface area contributed by atoms with E-state index in [1.165, 1.54) is 315 Å². The van der Waals surface area contributed by atoms with E-state index in [1.54, 1.807) is 6.08 Å². The van der Waals surface area contributed by atoms with Crippen molar-refractivity contribution in [3.05, 3.63) is 36.5 Å². The van der Waals surface area contributed by atoms with E-state index >= 15 is 0 Å². The number of nitrogens with one attached hydrogen (secondary N) is 1. The maximum absolute atomic E-state index is 13.0. The summed E-state index contributed by atoms with van der Waals surface area (Å²) in [6, 6.07) is -0.807. The Hall–Kier alpha value is -2.12. The number of carbonyl (C=O) groups is 2. The third kappa shape index (κ3) is 57.8. The van der Waals surface area contributed by atoms with Gasteiger partial charge in [0.1, 0.15) is 24.4 Å². The summed E-state index contributed by atoms with van der Waals surface area (Å²) in [5.74, 6) is -0.161. The van der Waals surface area contributed by atoms with Crippen LogP contribution in [0.5, 0.6) is 0 Å². The molecule has 6 N–H and O–H groups in total. The van der Waals surface area contributed by atoms with Crippen molar-refractivity contribution in [2.75, 3.05) is 19.8 Å². The second-order valence-corrected chi connectivity index (χ2v) is 27.8. The average Bonchev–Trinajstić information content (AvgIpc) is 2.82. The van der Waals surface area contributed by atoms with Crippen LogP contribution in [0.25, 0.3) is 0 Å². The van der Waals surface area contributed by atoms with Crippen LogP contribution in [-0.2, 0) is 23.8 Å². The number of amides is 1. The Labute approximate surface area is 562 Å². The van der Waals surface area contributed by atoms with E-state index < -0.39 is 49.5 Å². The summed E-state index contributed by atoms with van der Waals surface area (Å²) in [6.45, 7) is 4.38. The van der Waals surface area contributed by atoms with Crippen LogP contribution in [0.3, 0.4) is 0 Å². The molecule has 0 radical (unpaired) electrons. The van der Waals surface area contributed by atoms with Gasteiger partial charge in [-0.1, -0.05) is 359 Å². The van der Waals surface area contributed by atoms with Crippen molar-refractivity contribution in [1.29, 1.82) is 0 Å². The first kappa shape index (κ1) is 86.9. The van der Waals surface area contributed by atoms with Gasteiger partial charge in [-0.05, 0) is 64.2 Å². The Morgan fingerprint density at radius 3 is 1.11 bits per heavy atom. The van der Waals surface area contributed by atoms with Crippen LogP contribution in [0.4, 0.5) is 0 Å². The molecule has 0 aliphatic carbocycles. The van der Waals surface area contributed by atoms with Crippen LogP contribution in [0.15, 0.2) is 36.5 Å². The van der Waals surface area contributed by atoms with Gasteiger partial charge in [0, 0.05) is 12.8 Å². The Morgan fingerprint density at radius 2 is 0.736 bits per heavy atom. The molecule has 536 valence electrons. The number of hydrogen-bond donors (Lipinski definition) is 6. The summed E-state index contributed by atoms with van der Waals surface area (Å²) in [4.78, 5) is 25.1. The normalized spacial score (nSPS) is 17.7. The highest BCUT2D eigenvalue weighted by Gasteiger charge is 2.44. The van der Waals surface area contributed by atoms with E-state index in [2.05, 4.69) is 43.5 Å².